The predicted molar refractivity (Wildman–Crippen MR) is 68.9 cm³/mol. The highest BCUT2D eigenvalue weighted by atomic mass is 19.1. The number of anilines is 1. The van der Waals surface area contributed by atoms with Gasteiger partial charge in [-0.1, -0.05) is 0 Å². The fraction of sp³-hybridized carbons (Fsp3) is 0.167. The summed E-state index contributed by atoms with van der Waals surface area (Å²) in [5.41, 5.74) is -1.24. The number of nitrogens with zero attached hydrogens (tertiary/aromatic N) is 3. The van der Waals surface area contributed by atoms with Crippen LogP contribution in [0.1, 0.15) is 16.1 Å². The normalized spacial score (nSPS) is 10.5. The highest BCUT2D eigenvalue weighted by Gasteiger charge is 2.24. The van der Waals surface area contributed by atoms with Gasteiger partial charge < -0.3 is 5.32 Å². The van der Waals surface area contributed by atoms with Crippen LogP contribution in [0.3, 0.4) is 0 Å². The number of hydrogen-bond donors (Lipinski definition) is 1. The first kappa shape index (κ1) is 14.6. The van der Waals surface area contributed by atoms with Gasteiger partial charge in [0.25, 0.3) is 5.91 Å². The molecule has 1 aromatic heterocycles. The Morgan fingerprint density at radius 1 is 1.38 bits per heavy atom. The van der Waals surface area contributed by atoms with Crippen LogP contribution in [0.5, 0.6) is 0 Å². The van der Waals surface area contributed by atoms with E-state index < -0.39 is 33.7 Å². The molecule has 0 fully saturated rings. The second kappa shape index (κ2) is 5.27. The number of nitrogens with one attached hydrogen (secondary N) is 1. The lowest BCUT2D eigenvalue weighted by molar-refractivity contribution is -0.387. The van der Waals surface area contributed by atoms with Crippen molar-refractivity contribution in [3.8, 4) is 0 Å². The molecule has 9 heteroatoms. The zero-order valence-electron chi connectivity index (χ0n) is 11.1. The fourth-order valence-corrected chi connectivity index (χ4v) is 1.78. The molecule has 1 aromatic carbocycles. The molecule has 0 atom stereocenters. The summed E-state index contributed by atoms with van der Waals surface area (Å²) in [6.07, 6.45) is 0. The number of nitro groups is 1. The van der Waals surface area contributed by atoms with Gasteiger partial charge in [-0.25, -0.2) is 4.39 Å². The molecule has 1 amide bonds. The number of benzene rings is 1. The van der Waals surface area contributed by atoms with Gasteiger partial charge in [0.1, 0.15) is 11.6 Å². The van der Waals surface area contributed by atoms with Crippen molar-refractivity contribution in [2.24, 2.45) is 7.05 Å². The third kappa shape index (κ3) is 2.86. The molecule has 1 heterocycles. The summed E-state index contributed by atoms with van der Waals surface area (Å²) in [5.74, 6) is -3.21. The minimum Gasteiger partial charge on any atom is -0.307 e. The molecule has 110 valence electrons. The van der Waals surface area contributed by atoms with Gasteiger partial charge in [-0.05, 0) is 13.0 Å². The maximum Gasteiger partial charge on any atom is 0.308 e. The van der Waals surface area contributed by atoms with Gasteiger partial charge in [-0.2, -0.15) is 9.49 Å². The minimum atomic E-state index is -1.39. The average molecular weight is 296 g/mol. The van der Waals surface area contributed by atoms with Crippen LogP contribution >= 0.6 is 0 Å². The molecule has 0 radical (unpaired) electrons. The number of nitro benzene ring substituents is 1. The Balaban J connectivity index is 2.40. The summed E-state index contributed by atoms with van der Waals surface area (Å²) in [6, 6.07) is 2.53. The molecule has 0 aliphatic heterocycles. The first-order valence-corrected chi connectivity index (χ1v) is 5.75. The quantitative estimate of drug-likeness (QED) is 0.694. The Morgan fingerprint density at radius 2 is 2.05 bits per heavy atom. The molecule has 0 spiro atoms. The van der Waals surface area contributed by atoms with E-state index in [0.717, 1.165) is 0 Å². The monoisotopic (exact) mass is 296 g/mol. The van der Waals surface area contributed by atoms with Crippen molar-refractivity contribution in [2.45, 2.75) is 6.92 Å². The Labute approximate surface area is 117 Å². The topological polar surface area (TPSA) is 90.1 Å². The lowest BCUT2D eigenvalue weighted by Gasteiger charge is -2.06. The predicted octanol–water partition coefficient (Wildman–Crippen LogP) is 2.17. The van der Waals surface area contributed by atoms with Crippen molar-refractivity contribution in [3.63, 3.8) is 0 Å². The van der Waals surface area contributed by atoms with E-state index in [0.29, 0.717) is 17.8 Å². The highest BCUT2D eigenvalue weighted by molar-refractivity contribution is 6.04. The largest absolute Gasteiger partial charge is 0.308 e. The summed E-state index contributed by atoms with van der Waals surface area (Å²) in [4.78, 5) is 21.5. The van der Waals surface area contributed by atoms with Gasteiger partial charge in [-0.15, -0.1) is 0 Å². The molecule has 2 aromatic rings. The van der Waals surface area contributed by atoms with Crippen LogP contribution < -0.4 is 5.32 Å². The van der Waals surface area contributed by atoms with Gasteiger partial charge in [0.05, 0.1) is 22.2 Å². The molecular formula is C12H10F2N4O3. The van der Waals surface area contributed by atoms with Crippen LogP contribution in [0.25, 0.3) is 0 Å². The van der Waals surface area contributed by atoms with E-state index in [9.17, 15) is 23.7 Å². The third-order valence-electron chi connectivity index (χ3n) is 2.70. The van der Waals surface area contributed by atoms with Gasteiger partial charge in [0.15, 0.2) is 0 Å². The number of carbonyl (C=O) groups excluding carboxylic acids is 1. The summed E-state index contributed by atoms with van der Waals surface area (Å²) < 4.78 is 28.5. The fourth-order valence-electron chi connectivity index (χ4n) is 1.78. The molecule has 0 unspecified atom stereocenters. The summed E-state index contributed by atoms with van der Waals surface area (Å²) in [5, 5.41) is 16.9. The Kier molecular flexibility index (Phi) is 3.66. The van der Waals surface area contributed by atoms with Gasteiger partial charge in [0.2, 0.25) is 5.82 Å². The third-order valence-corrected chi connectivity index (χ3v) is 2.70. The summed E-state index contributed by atoms with van der Waals surface area (Å²) in [7, 11) is 1.55. The summed E-state index contributed by atoms with van der Waals surface area (Å²) in [6.45, 7) is 1.68. The van der Waals surface area contributed by atoms with Crippen molar-refractivity contribution in [2.75, 3.05) is 5.32 Å². The van der Waals surface area contributed by atoms with Crippen LogP contribution in [0.15, 0.2) is 18.2 Å². The molecule has 1 N–H and O–H groups in total. The molecule has 0 aliphatic carbocycles. The molecule has 0 saturated carbocycles. The standard InChI is InChI=1S/C12H10F2N4O3/c1-6-3-10(17(2)16-6)15-12(19)8-4-7(13)5-9(11(8)14)18(20)21/h3-5H,1-2H3,(H,15,19). The van der Waals surface area contributed by atoms with Crippen LogP contribution in [0, 0.1) is 28.7 Å². The van der Waals surface area contributed by atoms with Crippen molar-refractivity contribution >= 4 is 17.4 Å². The number of carbonyl (C=O) groups is 1. The number of halogens is 2. The number of rotatable bonds is 3. The second-order valence-electron chi connectivity index (χ2n) is 4.29. The van der Waals surface area contributed by atoms with E-state index in [1.54, 1.807) is 14.0 Å². The van der Waals surface area contributed by atoms with E-state index in [2.05, 4.69) is 10.4 Å². The molecule has 0 aliphatic rings. The van der Waals surface area contributed by atoms with Crippen LogP contribution in [0.2, 0.25) is 0 Å². The first-order chi connectivity index (χ1) is 9.79. The molecular weight excluding hydrogens is 286 g/mol. The van der Waals surface area contributed by atoms with E-state index in [4.69, 9.17) is 0 Å². The number of hydrogen-bond acceptors (Lipinski definition) is 4. The van der Waals surface area contributed by atoms with Crippen molar-refractivity contribution < 1.29 is 18.5 Å². The van der Waals surface area contributed by atoms with Gasteiger partial charge in [-0.3, -0.25) is 19.6 Å². The molecule has 7 nitrogen and oxygen atoms in total. The SMILES string of the molecule is Cc1cc(NC(=O)c2cc(F)cc([N+](=O)[O-])c2F)n(C)n1. The van der Waals surface area contributed by atoms with Gasteiger partial charge in [0, 0.05) is 13.1 Å². The Morgan fingerprint density at radius 3 is 2.57 bits per heavy atom. The van der Waals surface area contributed by atoms with Crippen molar-refractivity contribution in [1.29, 1.82) is 0 Å². The second-order valence-corrected chi connectivity index (χ2v) is 4.29. The first-order valence-electron chi connectivity index (χ1n) is 5.75. The summed E-state index contributed by atoms with van der Waals surface area (Å²) >= 11 is 0. The van der Waals surface area contributed by atoms with Gasteiger partial charge >= 0.3 is 5.69 Å². The van der Waals surface area contributed by atoms with Crippen LogP contribution in [0.4, 0.5) is 20.3 Å². The Hall–Kier alpha value is -2.84. The maximum absolute atomic E-state index is 13.9. The number of aryl methyl sites for hydroxylation is 2. The average Bonchev–Trinajstić information content (AvgIpc) is 2.69. The molecule has 21 heavy (non-hydrogen) atoms. The lowest BCUT2D eigenvalue weighted by atomic mass is 10.1. The number of aromatic nitrogens is 2. The van der Waals surface area contributed by atoms with Crippen LogP contribution in [-0.2, 0) is 7.05 Å². The molecule has 0 bridgehead atoms. The van der Waals surface area contributed by atoms with Crippen molar-refractivity contribution in [3.05, 3.63) is 51.2 Å². The maximum atomic E-state index is 13.9. The smallest absolute Gasteiger partial charge is 0.307 e. The Bertz CT molecular complexity index is 742. The zero-order chi connectivity index (χ0) is 15.7. The minimum absolute atomic E-state index is 0.254. The van der Waals surface area contributed by atoms with Crippen molar-refractivity contribution in [1.82, 2.24) is 9.78 Å². The van der Waals surface area contributed by atoms with E-state index in [1.807, 2.05) is 0 Å². The van der Waals surface area contributed by atoms with E-state index >= 15 is 0 Å². The highest BCUT2D eigenvalue weighted by Crippen LogP contribution is 2.23. The molecule has 0 saturated heterocycles. The van der Waals surface area contributed by atoms with E-state index in [1.165, 1.54) is 10.7 Å². The van der Waals surface area contributed by atoms with E-state index in [-0.39, 0.29) is 5.82 Å². The zero-order valence-corrected chi connectivity index (χ0v) is 11.1. The number of amides is 1. The lowest BCUT2D eigenvalue weighted by Crippen LogP contribution is -2.17. The van der Waals surface area contributed by atoms with Crippen LogP contribution in [-0.4, -0.2) is 20.6 Å². The molecule has 2 rings (SSSR count).